The first-order valence-electron chi connectivity index (χ1n) is 13.4. The van der Waals surface area contributed by atoms with Gasteiger partial charge in [0.1, 0.15) is 11.6 Å². The summed E-state index contributed by atoms with van der Waals surface area (Å²) in [5, 5.41) is 0. The quantitative estimate of drug-likeness (QED) is 0.186. The normalized spacial score (nSPS) is 13.7. The van der Waals surface area contributed by atoms with Gasteiger partial charge in [0, 0.05) is 12.8 Å². The lowest BCUT2D eigenvalue weighted by atomic mass is 9.88. The van der Waals surface area contributed by atoms with Crippen molar-refractivity contribution in [2.75, 3.05) is 26.9 Å². The molecule has 0 radical (unpaired) electrons. The van der Waals surface area contributed by atoms with Gasteiger partial charge in [0.2, 0.25) is 0 Å². The van der Waals surface area contributed by atoms with Gasteiger partial charge in [-0.05, 0) is 41.9 Å². The number of carbonyl (C=O) groups is 4. The van der Waals surface area contributed by atoms with Gasteiger partial charge in [-0.2, -0.15) is 0 Å². The van der Waals surface area contributed by atoms with Crippen LogP contribution in [0.25, 0.3) is 0 Å². The fourth-order valence-corrected chi connectivity index (χ4v) is 3.04. The van der Waals surface area contributed by atoms with Crippen molar-refractivity contribution in [1.29, 1.82) is 0 Å². The van der Waals surface area contributed by atoms with Crippen molar-refractivity contribution in [3.63, 3.8) is 0 Å². The molecule has 0 unspecified atom stereocenters. The largest absolute Gasteiger partial charge is 0.513 e. The van der Waals surface area contributed by atoms with E-state index in [1.54, 1.807) is 6.92 Å². The maximum Gasteiger partial charge on any atom is 0.513 e. The van der Waals surface area contributed by atoms with E-state index >= 15 is 0 Å². The minimum atomic E-state index is -1.62. The Kier molecular flexibility index (Phi) is 13.4. The Morgan fingerprint density at radius 3 is 1.85 bits per heavy atom. The zero-order valence-electron chi connectivity index (χ0n) is 25.6. The molecule has 1 aromatic carbocycles. The molecule has 0 bridgehead atoms. The van der Waals surface area contributed by atoms with Crippen molar-refractivity contribution < 1.29 is 52.3 Å². The Labute approximate surface area is 242 Å². The molecule has 0 aliphatic heterocycles. The number of esters is 1. The summed E-state index contributed by atoms with van der Waals surface area (Å²) in [5.41, 5.74) is 4.58. The van der Waals surface area contributed by atoms with E-state index in [0.717, 1.165) is 0 Å². The summed E-state index contributed by atoms with van der Waals surface area (Å²) in [6, 6.07) is 4.29. The molecule has 0 aliphatic rings. The van der Waals surface area contributed by atoms with Crippen molar-refractivity contribution in [3.8, 4) is 11.5 Å². The minimum Gasteiger partial charge on any atom is -0.468 e. The lowest BCUT2D eigenvalue weighted by Gasteiger charge is -2.27. The molecule has 0 aliphatic carbocycles. The smallest absolute Gasteiger partial charge is 0.468 e. The number of benzene rings is 1. The van der Waals surface area contributed by atoms with Crippen LogP contribution in [-0.4, -0.2) is 63.0 Å². The summed E-state index contributed by atoms with van der Waals surface area (Å²) in [6.07, 6.45) is -2.82. The molecule has 2 atom stereocenters. The highest BCUT2D eigenvalue weighted by Crippen LogP contribution is 2.32. The number of carbonyl (C=O) groups excluding carboxylic acids is 4. The topological polar surface area (TPSA) is 159 Å². The molecule has 2 N–H and O–H groups in total. The molecule has 1 aromatic rings. The number of ether oxygens (including phenoxy) is 7. The molecule has 1 rings (SSSR count). The summed E-state index contributed by atoms with van der Waals surface area (Å²) < 4.78 is 36.0. The van der Waals surface area contributed by atoms with Gasteiger partial charge in [-0.1, -0.05) is 54.5 Å². The fraction of sp³-hybridized carbons (Fsp3) is 0.655. The van der Waals surface area contributed by atoms with Gasteiger partial charge < -0.3 is 38.9 Å². The van der Waals surface area contributed by atoms with Gasteiger partial charge >= 0.3 is 24.4 Å². The summed E-state index contributed by atoms with van der Waals surface area (Å²) in [4.78, 5) is 49.2. The first-order valence-corrected chi connectivity index (χ1v) is 13.4. The zero-order valence-corrected chi connectivity index (χ0v) is 25.6. The number of nitrogens with two attached hydrogens (primary N) is 1. The van der Waals surface area contributed by atoms with E-state index in [4.69, 9.17) is 38.9 Å². The lowest BCUT2D eigenvalue weighted by Crippen LogP contribution is -2.51. The molecule has 0 saturated carbocycles. The second kappa shape index (κ2) is 15.5. The third kappa shape index (κ3) is 14.1. The number of methoxy groups -OCH3 is 1. The summed E-state index contributed by atoms with van der Waals surface area (Å²) in [5.74, 6) is -1.03. The molecule has 232 valence electrons. The molecule has 12 nitrogen and oxygen atoms in total. The summed E-state index contributed by atoms with van der Waals surface area (Å²) in [7, 11) is 1.18. The summed E-state index contributed by atoms with van der Waals surface area (Å²) in [6.45, 7) is 14.8. The van der Waals surface area contributed by atoms with E-state index < -0.39 is 30.0 Å². The molecule has 0 spiro atoms. The summed E-state index contributed by atoms with van der Waals surface area (Å²) >= 11 is 0. The van der Waals surface area contributed by atoms with Crippen molar-refractivity contribution in [3.05, 3.63) is 23.8 Å². The molecule has 0 amide bonds. The van der Waals surface area contributed by atoms with E-state index in [1.165, 1.54) is 25.3 Å². The van der Waals surface area contributed by atoms with Crippen LogP contribution in [0.4, 0.5) is 14.4 Å². The van der Waals surface area contributed by atoms with Crippen molar-refractivity contribution in [2.24, 2.45) is 16.6 Å². The van der Waals surface area contributed by atoms with Crippen LogP contribution in [0.3, 0.4) is 0 Å². The molecule has 0 aromatic heterocycles. The van der Waals surface area contributed by atoms with Gasteiger partial charge in [-0.15, -0.1) is 0 Å². The molecule has 41 heavy (non-hydrogen) atoms. The van der Waals surface area contributed by atoms with E-state index in [0.29, 0.717) is 12.0 Å². The predicted octanol–water partition coefficient (Wildman–Crippen LogP) is 5.56. The first kappa shape index (κ1) is 35.5. The number of hydrogen-bond donors (Lipinski definition) is 1. The Hall–Kier alpha value is -3.54. The van der Waals surface area contributed by atoms with Gasteiger partial charge in [0.05, 0.1) is 26.9 Å². The van der Waals surface area contributed by atoms with E-state index in [-0.39, 0.29) is 61.1 Å². The van der Waals surface area contributed by atoms with Gasteiger partial charge in [0.15, 0.2) is 11.5 Å². The van der Waals surface area contributed by atoms with Crippen LogP contribution in [0, 0.1) is 10.8 Å². The fourth-order valence-electron chi connectivity index (χ4n) is 3.04. The van der Waals surface area contributed by atoms with Crippen LogP contribution >= 0.6 is 0 Å². The Morgan fingerprint density at radius 1 is 0.829 bits per heavy atom. The van der Waals surface area contributed by atoms with Gasteiger partial charge in [0.25, 0.3) is 0 Å². The first-order chi connectivity index (χ1) is 18.9. The van der Waals surface area contributed by atoms with Crippen molar-refractivity contribution in [1.82, 2.24) is 0 Å². The Balaban J connectivity index is 3.17. The zero-order chi connectivity index (χ0) is 31.4. The lowest BCUT2D eigenvalue weighted by molar-refractivity contribution is -0.147. The third-order valence-corrected chi connectivity index (χ3v) is 5.39. The average molecular weight is 584 g/mol. The van der Waals surface area contributed by atoms with E-state index in [2.05, 4.69) is 0 Å². The maximum atomic E-state index is 12.6. The maximum absolute atomic E-state index is 12.6. The van der Waals surface area contributed by atoms with Crippen molar-refractivity contribution >= 4 is 24.4 Å². The molecule has 0 saturated heterocycles. The van der Waals surface area contributed by atoms with Crippen LogP contribution < -0.4 is 15.2 Å². The molecule has 0 heterocycles. The van der Waals surface area contributed by atoms with Crippen molar-refractivity contribution in [2.45, 2.75) is 86.3 Å². The number of hydrogen-bond acceptors (Lipinski definition) is 12. The average Bonchev–Trinajstić information content (AvgIpc) is 2.86. The highest BCUT2D eigenvalue weighted by molar-refractivity contribution is 5.81. The second-order valence-electron chi connectivity index (χ2n) is 12.2. The van der Waals surface area contributed by atoms with Gasteiger partial charge in [-0.3, -0.25) is 4.79 Å². The molecular weight excluding hydrogens is 538 g/mol. The predicted molar refractivity (Wildman–Crippen MR) is 149 cm³/mol. The van der Waals surface area contributed by atoms with E-state index in [9.17, 15) is 19.2 Å². The minimum absolute atomic E-state index is 0.0725. The standard InChI is InChI=1S/C29H45NO11/c1-10-19(2)39-24(32)36-14-13-29(30,23(31)35-9)16-20-11-12-21(40-25(33)37-17-27(3,4)5)22(15-20)41-26(34)38-18-28(6,7)8/h11-12,15,19H,10,13-14,16-18,30H2,1-9H3/t19-,29+/m0/s1. The van der Waals surface area contributed by atoms with E-state index in [1.807, 2.05) is 48.5 Å². The van der Waals surface area contributed by atoms with Gasteiger partial charge in [-0.25, -0.2) is 14.4 Å². The molecule has 12 heteroatoms. The van der Waals surface area contributed by atoms with Crippen LogP contribution in [0.5, 0.6) is 11.5 Å². The van der Waals surface area contributed by atoms with Crippen LogP contribution in [-0.2, 0) is 34.9 Å². The van der Waals surface area contributed by atoms with Crippen LogP contribution in [0.15, 0.2) is 18.2 Å². The highest BCUT2D eigenvalue weighted by atomic mass is 16.7. The third-order valence-electron chi connectivity index (χ3n) is 5.39. The Bertz CT molecular complexity index is 1040. The number of rotatable bonds is 12. The van der Waals surface area contributed by atoms with Crippen LogP contribution in [0.1, 0.15) is 73.8 Å². The molecule has 0 fully saturated rings. The Morgan fingerprint density at radius 2 is 1.37 bits per heavy atom. The molecular formula is C29H45NO11. The van der Waals surface area contributed by atoms with Crippen LogP contribution in [0.2, 0.25) is 0 Å². The highest BCUT2D eigenvalue weighted by Gasteiger charge is 2.36. The second-order valence-corrected chi connectivity index (χ2v) is 12.2. The monoisotopic (exact) mass is 583 g/mol. The SMILES string of the molecule is CC[C@H](C)OC(=O)OCC[C@@](N)(Cc1ccc(OC(=O)OCC(C)(C)C)c(OC(=O)OCC(C)(C)C)c1)C(=O)OC.